The molecule has 1 atom stereocenters. The lowest BCUT2D eigenvalue weighted by Crippen LogP contribution is -2.48. The van der Waals surface area contributed by atoms with Crippen molar-refractivity contribution in [2.24, 2.45) is 0 Å². The number of sulfonamides is 1. The Morgan fingerprint density at radius 2 is 1.97 bits per heavy atom. The van der Waals surface area contributed by atoms with Gasteiger partial charge in [-0.2, -0.15) is 13.1 Å². The summed E-state index contributed by atoms with van der Waals surface area (Å²) in [6.07, 6.45) is 1.43. The first-order valence-corrected chi connectivity index (χ1v) is 12.1. The number of ketones is 1. The van der Waals surface area contributed by atoms with Crippen molar-refractivity contribution < 1.29 is 27.7 Å². The van der Waals surface area contributed by atoms with Gasteiger partial charge in [-0.25, -0.2) is 8.42 Å². The summed E-state index contributed by atoms with van der Waals surface area (Å²) in [7, 11) is -4.08. The second-order valence-corrected chi connectivity index (χ2v) is 9.74. The number of hydrogen-bond acceptors (Lipinski definition) is 10. The Balaban J connectivity index is 1.52. The Bertz CT molecular complexity index is 1340. The number of nitrogens with zero attached hydrogens (tertiary/aromatic N) is 4. The van der Waals surface area contributed by atoms with Crippen LogP contribution in [0.1, 0.15) is 29.6 Å². The topological polar surface area (TPSA) is 150 Å². The van der Waals surface area contributed by atoms with E-state index in [0.717, 1.165) is 22.1 Å². The van der Waals surface area contributed by atoms with Gasteiger partial charge in [0.2, 0.25) is 15.8 Å². The summed E-state index contributed by atoms with van der Waals surface area (Å²) >= 11 is 0.895. The van der Waals surface area contributed by atoms with Crippen molar-refractivity contribution >= 4 is 50.2 Å². The van der Waals surface area contributed by atoms with Crippen LogP contribution >= 0.6 is 11.7 Å². The molecule has 2 aromatic carbocycles. The average molecular weight is 491 g/mol. The van der Waals surface area contributed by atoms with Gasteiger partial charge >= 0.3 is 5.97 Å². The molecule has 0 aliphatic carbocycles. The highest BCUT2D eigenvalue weighted by atomic mass is 32.2. The van der Waals surface area contributed by atoms with E-state index in [1.807, 2.05) is 0 Å². The molecule has 1 saturated heterocycles. The molecule has 1 aliphatic heterocycles. The third kappa shape index (κ3) is 4.60. The molecule has 3 aromatic rings. The second kappa shape index (κ2) is 9.29. The molecule has 0 saturated carbocycles. The van der Waals surface area contributed by atoms with Crippen LogP contribution in [0.4, 0.5) is 5.69 Å². The van der Waals surface area contributed by atoms with E-state index in [0.29, 0.717) is 18.4 Å². The maximum Gasteiger partial charge on any atom is 0.324 e. The maximum absolute atomic E-state index is 13.4. The molecule has 1 aliphatic rings. The molecule has 0 amide bonds. The van der Waals surface area contributed by atoms with Crippen LogP contribution in [-0.2, 0) is 19.6 Å². The van der Waals surface area contributed by atoms with Gasteiger partial charge in [0.1, 0.15) is 22.0 Å². The number of carbonyl (C=O) groups excluding carboxylic acids is 2. The summed E-state index contributed by atoms with van der Waals surface area (Å²) in [5.41, 5.74) is 0.441. The number of nitro benzene ring substituents is 1. The van der Waals surface area contributed by atoms with Crippen LogP contribution in [-0.4, -0.2) is 57.3 Å². The van der Waals surface area contributed by atoms with Crippen molar-refractivity contribution in [1.82, 2.24) is 13.1 Å². The monoisotopic (exact) mass is 490 g/mol. The minimum Gasteiger partial charge on any atom is -0.456 e. The Labute approximate surface area is 192 Å². The van der Waals surface area contributed by atoms with E-state index in [2.05, 4.69) is 8.75 Å². The minimum atomic E-state index is -4.08. The normalized spacial score (nSPS) is 17.0. The average Bonchev–Trinajstić information content (AvgIpc) is 3.31. The molecule has 0 spiro atoms. The largest absolute Gasteiger partial charge is 0.456 e. The van der Waals surface area contributed by atoms with Crippen molar-refractivity contribution in [2.45, 2.75) is 30.2 Å². The van der Waals surface area contributed by atoms with Crippen molar-refractivity contribution in [3.05, 3.63) is 58.1 Å². The Morgan fingerprint density at radius 3 is 2.76 bits per heavy atom. The first-order valence-electron chi connectivity index (χ1n) is 9.96. The van der Waals surface area contributed by atoms with Gasteiger partial charge in [-0.05, 0) is 31.4 Å². The summed E-state index contributed by atoms with van der Waals surface area (Å²) in [6.45, 7) is -0.537. The van der Waals surface area contributed by atoms with Gasteiger partial charge in [0.05, 0.1) is 16.7 Å². The number of esters is 1. The van der Waals surface area contributed by atoms with E-state index in [-0.39, 0.29) is 34.6 Å². The molecule has 33 heavy (non-hydrogen) atoms. The number of nitro groups is 1. The SMILES string of the molecule is O=C(COC(=O)C1CCCCN1S(=O)(=O)c1cccc2nsnc12)c1cccc([N+](=O)[O-])c1. The summed E-state index contributed by atoms with van der Waals surface area (Å²) < 4.78 is 41.2. The minimum absolute atomic E-state index is 0.0211. The van der Waals surface area contributed by atoms with Crippen molar-refractivity contribution in [3.63, 3.8) is 0 Å². The van der Waals surface area contributed by atoms with Crippen LogP contribution in [0.15, 0.2) is 47.4 Å². The Hall–Kier alpha value is -3.29. The van der Waals surface area contributed by atoms with Gasteiger partial charge in [-0.1, -0.05) is 18.2 Å². The van der Waals surface area contributed by atoms with Crippen molar-refractivity contribution in [1.29, 1.82) is 0 Å². The zero-order chi connectivity index (χ0) is 23.6. The molecule has 11 nitrogen and oxygen atoms in total. The maximum atomic E-state index is 13.4. The third-order valence-corrected chi connectivity index (χ3v) is 7.77. The molecule has 4 rings (SSSR count). The molecule has 1 unspecified atom stereocenters. The first-order chi connectivity index (χ1) is 15.8. The molecular formula is C20H18N4O7S2. The number of Topliss-reactive ketones (excluding diaryl/α,β-unsaturated/α-hetero) is 1. The standard InChI is InChI=1S/C20H18N4O7S2/c25-17(13-5-3-6-14(11-13)24(27)28)12-31-20(26)16-8-1-2-10-23(16)33(29,30)18-9-4-7-15-19(18)22-32-21-15/h3-7,9,11,16H,1-2,8,10,12H2. The van der Waals surface area contributed by atoms with Crippen LogP contribution in [0.3, 0.4) is 0 Å². The number of carbonyl (C=O) groups is 2. The highest BCUT2D eigenvalue weighted by molar-refractivity contribution is 7.89. The second-order valence-electron chi connectivity index (χ2n) is 7.35. The number of piperidine rings is 1. The van der Waals surface area contributed by atoms with Crippen LogP contribution in [0.5, 0.6) is 0 Å². The van der Waals surface area contributed by atoms with Crippen LogP contribution in [0, 0.1) is 10.1 Å². The Morgan fingerprint density at radius 1 is 1.18 bits per heavy atom. The van der Waals surface area contributed by atoms with Gasteiger partial charge in [0.25, 0.3) is 5.69 Å². The molecule has 0 radical (unpaired) electrons. The zero-order valence-electron chi connectivity index (χ0n) is 17.1. The molecule has 0 N–H and O–H groups in total. The predicted octanol–water partition coefficient (Wildman–Crippen LogP) is 2.57. The molecule has 0 bridgehead atoms. The van der Waals surface area contributed by atoms with Gasteiger partial charge in [0.15, 0.2) is 6.61 Å². The van der Waals surface area contributed by atoms with Gasteiger partial charge in [-0.15, -0.1) is 0 Å². The molecule has 13 heteroatoms. The van der Waals surface area contributed by atoms with Gasteiger partial charge in [0, 0.05) is 24.2 Å². The molecule has 1 aromatic heterocycles. The lowest BCUT2D eigenvalue weighted by atomic mass is 10.1. The molecule has 172 valence electrons. The number of ether oxygens (including phenoxy) is 1. The van der Waals surface area contributed by atoms with E-state index in [9.17, 15) is 28.1 Å². The van der Waals surface area contributed by atoms with E-state index in [1.165, 1.54) is 24.3 Å². The highest BCUT2D eigenvalue weighted by Crippen LogP contribution is 2.30. The van der Waals surface area contributed by atoms with Crippen molar-refractivity contribution in [3.8, 4) is 0 Å². The van der Waals surface area contributed by atoms with Gasteiger partial charge < -0.3 is 4.74 Å². The predicted molar refractivity (Wildman–Crippen MR) is 117 cm³/mol. The van der Waals surface area contributed by atoms with Crippen LogP contribution in [0.25, 0.3) is 11.0 Å². The molecule has 2 heterocycles. The number of benzene rings is 2. The first kappa shape index (κ1) is 22.9. The number of non-ortho nitro benzene ring substituents is 1. The quantitative estimate of drug-likeness (QED) is 0.211. The molecular weight excluding hydrogens is 472 g/mol. The van der Waals surface area contributed by atoms with E-state index < -0.39 is 39.3 Å². The summed E-state index contributed by atoms with van der Waals surface area (Å²) in [5, 5.41) is 10.9. The van der Waals surface area contributed by atoms with Gasteiger partial charge in [-0.3, -0.25) is 19.7 Å². The molecule has 1 fully saturated rings. The lowest BCUT2D eigenvalue weighted by molar-refractivity contribution is -0.384. The summed E-state index contributed by atoms with van der Waals surface area (Å²) in [5.74, 6) is -1.48. The summed E-state index contributed by atoms with van der Waals surface area (Å²) in [6, 6.07) is 8.61. The number of aromatic nitrogens is 2. The Kier molecular flexibility index (Phi) is 6.44. The fourth-order valence-corrected chi connectivity index (χ4v) is 6.05. The zero-order valence-corrected chi connectivity index (χ0v) is 18.8. The number of hydrogen-bond donors (Lipinski definition) is 0. The summed E-state index contributed by atoms with van der Waals surface area (Å²) in [4.78, 5) is 35.4. The van der Waals surface area contributed by atoms with E-state index in [4.69, 9.17) is 4.74 Å². The lowest BCUT2D eigenvalue weighted by Gasteiger charge is -2.32. The number of rotatable bonds is 7. The smallest absolute Gasteiger partial charge is 0.324 e. The van der Waals surface area contributed by atoms with E-state index >= 15 is 0 Å². The number of fused-ring (bicyclic) bond motifs is 1. The van der Waals surface area contributed by atoms with E-state index in [1.54, 1.807) is 12.1 Å². The van der Waals surface area contributed by atoms with Crippen molar-refractivity contribution in [2.75, 3.05) is 13.2 Å². The third-order valence-electron chi connectivity index (χ3n) is 5.29. The van der Waals surface area contributed by atoms with Crippen LogP contribution < -0.4 is 0 Å². The fourth-order valence-electron chi connectivity index (χ4n) is 3.65. The van der Waals surface area contributed by atoms with Crippen LogP contribution in [0.2, 0.25) is 0 Å². The highest BCUT2D eigenvalue weighted by Gasteiger charge is 2.39. The fraction of sp³-hybridized carbons (Fsp3) is 0.300.